The van der Waals surface area contributed by atoms with E-state index in [4.69, 9.17) is 5.26 Å². The molecule has 0 unspecified atom stereocenters. The van der Waals surface area contributed by atoms with Crippen molar-refractivity contribution in [1.82, 2.24) is 0 Å². The Bertz CT molecular complexity index is 256. The van der Waals surface area contributed by atoms with Crippen LogP contribution < -0.4 is 0 Å². The summed E-state index contributed by atoms with van der Waals surface area (Å²) in [5.41, 5.74) is 0. The lowest BCUT2D eigenvalue weighted by atomic mass is 10.6. The monoisotopic (exact) mass is 159 g/mol. The van der Waals surface area contributed by atoms with E-state index < -0.39 is 15.1 Å². The maximum atomic E-state index is 10.9. The molecule has 0 aromatic rings. The van der Waals surface area contributed by atoms with E-state index in [0.29, 0.717) is 0 Å². The van der Waals surface area contributed by atoms with Crippen LogP contribution in [0.3, 0.4) is 0 Å². The van der Waals surface area contributed by atoms with E-state index in [-0.39, 0.29) is 0 Å². The second-order valence-electron chi connectivity index (χ2n) is 2.07. The summed E-state index contributed by atoms with van der Waals surface area (Å²) >= 11 is 0. The van der Waals surface area contributed by atoms with Crippen molar-refractivity contribution < 1.29 is 8.42 Å². The van der Waals surface area contributed by atoms with Crippen LogP contribution in [0.15, 0.2) is 11.5 Å². The molecule has 0 fully saturated rings. The topological polar surface area (TPSA) is 57.9 Å². The highest BCUT2D eigenvalue weighted by Crippen LogP contribution is 2.00. The number of rotatable bonds is 2. The predicted molar refractivity (Wildman–Crippen MR) is 38.8 cm³/mol. The summed E-state index contributed by atoms with van der Waals surface area (Å²) in [6, 6.07) is 1.62. The number of hydrogen-bond acceptors (Lipinski definition) is 3. The van der Waals surface area contributed by atoms with Crippen molar-refractivity contribution in [1.29, 1.82) is 5.26 Å². The van der Waals surface area contributed by atoms with Crippen molar-refractivity contribution in [3.63, 3.8) is 0 Å². The Labute approximate surface area is 60.9 Å². The van der Waals surface area contributed by atoms with Gasteiger partial charge in [0.1, 0.15) is 0 Å². The van der Waals surface area contributed by atoms with Gasteiger partial charge in [0.25, 0.3) is 0 Å². The minimum atomic E-state index is -3.16. The molecule has 0 rings (SSSR count). The Kier molecular flexibility index (Phi) is 3.10. The van der Waals surface area contributed by atoms with Crippen molar-refractivity contribution >= 4 is 9.84 Å². The number of sulfone groups is 1. The first-order valence-electron chi connectivity index (χ1n) is 2.81. The van der Waals surface area contributed by atoms with Gasteiger partial charge in [-0.2, -0.15) is 5.26 Å². The molecule has 0 heterocycles. The summed E-state index contributed by atoms with van der Waals surface area (Å²) in [4.78, 5) is 0. The Morgan fingerprint density at radius 2 is 2.00 bits per heavy atom. The zero-order chi connectivity index (χ0) is 8.20. The van der Waals surface area contributed by atoms with E-state index in [1.54, 1.807) is 19.9 Å². The van der Waals surface area contributed by atoms with Crippen molar-refractivity contribution in [3.8, 4) is 6.07 Å². The molecule has 4 heteroatoms. The zero-order valence-corrected chi connectivity index (χ0v) is 6.72. The summed E-state index contributed by atoms with van der Waals surface area (Å²) in [6.45, 7) is 3.13. The summed E-state index contributed by atoms with van der Waals surface area (Å²) in [6.07, 6.45) is 0.968. The maximum Gasteiger partial charge on any atom is 0.174 e. The van der Waals surface area contributed by atoms with Crippen LogP contribution in [0.1, 0.15) is 13.8 Å². The third-order valence-electron chi connectivity index (χ3n) is 0.989. The van der Waals surface area contributed by atoms with Crippen LogP contribution in [0.4, 0.5) is 0 Å². The highest BCUT2D eigenvalue weighted by molar-refractivity contribution is 7.94. The highest BCUT2D eigenvalue weighted by Gasteiger charge is 2.10. The van der Waals surface area contributed by atoms with Crippen LogP contribution in [-0.4, -0.2) is 13.7 Å². The molecule has 0 saturated heterocycles. The van der Waals surface area contributed by atoms with Gasteiger partial charge in [-0.25, -0.2) is 8.42 Å². The zero-order valence-electron chi connectivity index (χ0n) is 5.90. The van der Waals surface area contributed by atoms with Crippen LogP contribution in [-0.2, 0) is 9.84 Å². The number of nitrogens with zero attached hydrogens (tertiary/aromatic N) is 1. The second-order valence-corrected chi connectivity index (χ2v) is 4.46. The van der Waals surface area contributed by atoms with E-state index in [0.717, 1.165) is 11.5 Å². The van der Waals surface area contributed by atoms with Crippen molar-refractivity contribution in [3.05, 3.63) is 11.5 Å². The Morgan fingerprint density at radius 1 is 1.50 bits per heavy atom. The Morgan fingerprint density at radius 3 is 2.30 bits per heavy atom. The summed E-state index contributed by atoms with van der Waals surface area (Å²) < 4.78 is 21.7. The molecule has 3 nitrogen and oxygen atoms in total. The predicted octanol–water partition coefficient (Wildman–Crippen LogP) is 0.847. The molecule has 0 spiro atoms. The Balaban J connectivity index is 4.50. The van der Waals surface area contributed by atoms with Gasteiger partial charge in [0.05, 0.1) is 11.3 Å². The minimum Gasteiger partial charge on any atom is -0.224 e. The molecule has 0 bridgehead atoms. The molecular weight excluding hydrogens is 150 g/mol. The van der Waals surface area contributed by atoms with E-state index in [9.17, 15) is 8.42 Å². The highest BCUT2D eigenvalue weighted by atomic mass is 32.2. The van der Waals surface area contributed by atoms with E-state index in [2.05, 4.69) is 0 Å². The third kappa shape index (κ3) is 2.65. The lowest BCUT2D eigenvalue weighted by molar-refractivity contribution is 0.596. The largest absolute Gasteiger partial charge is 0.224 e. The van der Waals surface area contributed by atoms with Gasteiger partial charge in [0.15, 0.2) is 9.84 Å². The van der Waals surface area contributed by atoms with Gasteiger partial charge in [0.2, 0.25) is 0 Å². The summed E-state index contributed by atoms with van der Waals surface area (Å²) in [7, 11) is -3.16. The van der Waals surface area contributed by atoms with Crippen molar-refractivity contribution in [2.75, 3.05) is 0 Å². The van der Waals surface area contributed by atoms with Crippen LogP contribution in [0.25, 0.3) is 0 Å². The summed E-state index contributed by atoms with van der Waals surface area (Å²) in [5, 5.41) is 8.49. The van der Waals surface area contributed by atoms with E-state index >= 15 is 0 Å². The fourth-order valence-corrected chi connectivity index (χ4v) is 0.847. The van der Waals surface area contributed by atoms with Crippen LogP contribution >= 0.6 is 0 Å². The molecule has 0 radical (unpaired) electrons. The normalized spacial score (nSPS) is 12.2. The molecule has 0 aromatic carbocycles. The molecule has 56 valence electrons. The molecule has 0 aromatic heterocycles. The quantitative estimate of drug-likeness (QED) is 0.561. The van der Waals surface area contributed by atoms with E-state index in [1.807, 2.05) is 0 Å². The number of hydrogen-bond donors (Lipinski definition) is 0. The average Bonchev–Trinajstić information content (AvgIpc) is 1.84. The molecule has 0 N–H and O–H groups in total. The van der Waals surface area contributed by atoms with Gasteiger partial charge < -0.3 is 0 Å². The maximum absolute atomic E-state index is 10.9. The van der Waals surface area contributed by atoms with Gasteiger partial charge in [0, 0.05) is 11.5 Å². The molecule has 0 atom stereocenters. The fraction of sp³-hybridized carbons (Fsp3) is 0.500. The van der Waals surface area contributed by atoms with Gasteiger partial charge in [-0.15, -0.1) is 0 Å². The Hall–Kier alpha value is -0.820. The van der Waals surface area contributed by atoms with Crippen molar-refractivity contribution in [2.24, 2.45) is 0 Å². The molecule has 10 heavy (non-hydrogen) atoms. The first-order valence-corrected chi connectivity index (χ1v) is 4.41. The standard InChI is InChI=1S/C6H9NO2S/c1-6(2)10(8,9)5-3-4-7/h3,5-6H,1-2H3/b5-3-. The lowest BCUT2D eigenvalue weighted by Crippen LogP contribution is -2.09. The summed E-state index contributed by atoms with van der Waals surface area (Å²) in [5.74, 6) is 0. The minimum absolute atomic E-state index is 0.447. The van der Waals surface area contributed by atoms with Gasteiger partial charge >= 0.3 is 0 Å². The van der Waals surface area contributed by atoms with E-state index in [1.165, 1.54) is 0 Å². The van der Waals surface area contributed by atoms with Gasteiger partial charge in [-0.05, 0) is 13.8 Å². The smallest absolute Gasteiger partial charge is 0.174 e. The van der Waals surface area contributed by atoms with Crippen LogP contribution in [0.2, 0.25) is 0 Å². The first-order chi connectivity index (χ1) is 4.50. The SMILES string of the molecule is CC(C)S(=O)(=O)/C=C\C#N. The lowest BCUT2D eigenvalue weighted by Gasteiger charge is -1.98. The molecular formula is C6H9NO2S. The molecule has 0 aliphatic carbocycles. The molecule has 0 saturated carbocycles. The van der Waals surface area contributed by atoms with Crippen LogP contribution in [0, 0.1) is 11.3 Å². The number of nitriles is 1. The molecule has 0 aliphatic heterocycles. The molecule has 0 amide bonds. The molecule has 0 aliphatic rings. The first kappa shape index (κ1) is 9.18. The third-order valence-corrected chi connectivity index (χ3v) is 2.82. The van der Waals surface area contributed by atoms with Gasteiger partial charge in [-0.1, -0.05) is 0 Å². The average molecular weight is 159 g/mol. The fourth-order valence-electron chi connectivity index (χ4n) is 0.282. The second kappa shape index (κ2) is 3.37. The number of allylic oxidation sites excluding steroid dienone is 1. The van der Waals surface area contributed by atoms with Gasteiger partial charge in [-0.3, -0.25) is 0 Å². The van der Waals surface area contributed by atoms with Crippen LogP contribution in [0.5, 0.6) is 0 Å². The van der Waals surface area contributed by atoms with Crippen molar-refractivity contribution in [2.45, 2.75) is 19.1 Å².